The third-order valence-electron chi connectivity index (χ3n) is 8.70. The van der Waals surface area contributed by atoms with Crippen molar-refractivity contribution in [2.75, 3.05) is 11.4 Å². The van der Waals surface area contributed by atoms with Gasteiger partial charge in [0.2, 0.25) is 11.7 Å². The number of nitrogens with zero attached hydrogens (tertiary/aromatic N) is 1. The van der Waals surface area contributed by atoms with E-state index in [1.165, 1.54) is 11.1 Å². The van der Waals surface area contributed by atoms with E-state index in [1.54, 1.807) is 17.0 Å². The monoisotopic (exact) mass is 846 g/mol. The van der Waals surface area contributed by atoms with Gasteiger partial charge in [0.1, 0.15) is 6.61 Å². The van der Waals surface area contributed by atoms with Crippen molar-refractivity contribution < 1.29 is 47.2 Å². The van der Waals surface area contributed by atoms with Gasteiger partial charge in [-0.1, -0.05) is 114 Å². The average molecular weight is 847 g/mol. The van der Waals surface area contributed by atoms with Gasteiger partial charge in [-0.05, 0) is 75.0 Å². The smallest absolute Gasteiger partial charge is 0.338 e. The maximum absolute atomic E-state index is 13.8. The molecule has 58 heavy (non-hydrogen) atoms. The van der Waals surface area contributed by atoms with E-state index in [0.717, 1.165) is 16.7 Å². The fraction of sp³-hybridized carbons (Fsp3) is 0.273. The molecule has 0 fully saturated rings. The zero-order valence-corrected chi connectivity index (χ0v) is 34.6. The Morgan fingerprint density at radius 1 is 0.672 bits per heavy atom. The minimum absolute atomic E-state index is 0. The molecule has 5 N–H and O–H groups in total. The molecule has 5 aromatic carbocycles. The molecule has 7 nitrogen and oxygen atoms in total. The number of benzene rings is 5. The quantitative estimate of drug-likeness (QED) is 0.0478. The van der Waals surface area contributed by atoms with Gasteiger partial charge in [0.25, 0.3) is 0 Å². The molecule has 5 aromatic rings. The number of carbonyl (C=O) groups is 2. The van der Waals surface area contributed by atoms with Crippen LogP contribution in [0.15, 0.2) is 102 Å². The van der Waals surface area contributed by atoms with Crippen LogP contribution in [0.2, 0.25) is 5.02 Å². The third kappa shape index (κ3) is 13.4. The summed E-state index contributed by atoms with van der Waals surface area (Å²) >= 11 is 9.13. The van der Waals surface area contributed by atoms with E-state index >= 15 is 0 Å². The first-order chi connectivity index (χ1) is 26.3. The summed E-state index contributed by atoms with van der Waals surface area (Å²) in [5.41, 5.74) is 6.52. The summed E-state index contributed by atoms with van der Waals surface area (Å²) in [4.78, 5) is 27.2. The molecular weight excluding hydrogens is 799 g/mol. The molecule has 0 aromatic heterocycles. The number of ether oxygens (including phenoxy) is 1. The van der Waals surface area contributed by atoms with Crippen LogP contribution in [0.5, 0.6) is 0 Å². The minimum atomic E-state index is -2.18. The Morgan fingerprint density at radius 2 is 1.17 bits per heavy atom. The Bertz CT molecular complexity index is 2010. The lowest BCUT2D eigenvalue weighted by molar-refractivity contribution is -0.118. The molecule has 0 aliphatic rings. The van der Waals surface area contributed by atoms with E-state index in [1.807, 2.05) is 66.7 Å². The normalized spacial score (nSPS) is 11.1. The Balaban J connectivity index is 0.000000712. The highest BCUT2D eigenvalue weighted by atomic mass is 35.5. The van der Waals surface area contributed by atoms with Gasteiger partial charge in [-0.2, -0.15) is 0 Å². The molecule has 14 heteroatoms. The molecule has 0 saturated heterocycles. The summed E-state index contributed by atoms with van der Waals surface area (Å²) in [7, 11) is 0. The Kier molecular flexibility index (Phi) is 18.1. The number of hydrogen-bond acceptors (Lipinski definition) is 5. The molecule has 0 unspecified atom stereocenters. The van der Waals surface area contributed by atoms with Crippen LogP contribution in [-0.4, -0.2) is 29.4 Å². The molecule has 1 amide bonds. The fourth-order valence-corrected chi connectivity index (χ4v) is 5.67. The summed E-state index contributed by atoms with van der Waals surface area (Å²) < 4.78 is 66.8. The van der Waals surface area contributed by atoms with Crippen LogP contribution in [0.3, 0.4) is 0 Å². The summed E-state index contributed by atoms with van der Waals surface area (Å²) in [6.07, 6.45) is 0. The van der Waals surface area contributed by atoms with E-state index < -0.39 is 40.0 Å². The Morgan fingerprint density at radius 3 is 1.67 bits per heavy atom. The van der Waals surface area contributed by atoms with Crippen LogP contribution in [-0.2, 0) is 40.1 Å². The molecule has 0 radical (unpaired) electrons. The van der Waals surface area contributed by atoms with Crippen molar-refractivity contribution in [3.8, 4) is 0 Å². The van der Waals surface area contributed by atoms with Crippen LogP contribution in [0.1, 0.15) is 79.7 Å². The summed E-state index contributed by atoms with van der Waals surface area (Å²) in [6.45, 7) is 14.5. The molecule has 0 aliphatic carbocycles. The van der Waals surface area contributed by atoms with Crippen molar-refractivity contribution in [2.24, 2.45) is 0 Å². The first-order valence-electron chi connectivity index (χ1n) is 17.7. The van der Waals surface area contributed by atoms with Crippen LogP contribution in [0.25, 0.3) is 0 Å². The summed E-state index contributed by atoms with van der Waals surface area (Å²) in [5, 5.41) is 3.96. The Labute approximate surface area is 346 Å². The lowest BCUT2D eigenvalue weighted by Crippen LogP contribution is -2.38. The average Bonchev–Trinajstić information content (AvgIpc) is 3.17. The van der Waals surface area contributed by atoms with Gasteiger partial charge < -0.3 is 25.9 Å². The maximum atomic E-state index is 13.8. The molecule has 0 atom stereocenters. The van der Waals surface area contributed by atoms with E-state index in [9.17, 15) is 31.5 Å². The number of anilines is 1. The van der Waals surface area contributed by atoms with Gasteiger partial charge >= 0.3 is 5.97 Å². The Hall–Kier alpha value is -4.79. The number of halogens is 6. The third-order valence-corrected chi connectivity index (χ3v) is 9.34. The standard InChI is InChI=1S/C38H43ClN2O3.C6HF5S.2H2O/c1-37(2,3)31-20-29(21-32(22-31)38(4,5)6)25-41(35(42)24-40-23-27-12-16-33(39)17-13-27)34-18-14-30(15-19-34)36(43)44-26-28-10-8-7-9-11-28;7-1-2(8)4(10)6(12)5(11)3(1)9;;/h7-22,40H,23-26H2,1-6H3;12H;2*1H2. The second kappa shape index (κ2) is 21.3. The summed E-state index contributed by atoms with van der Waals surface area (Å²) in [5.74, 6) is -10.5. The number of nitrogens with one attached hydrogen (secondary N) is 1. The number of carbonyl (C=O) groups excluding carboxylic acids is 2. The van der Waals surface area contributed by atoms with Gasteiger partial charge in [-0.3, -0.25) is 4.79 Å². The second-order valence-electron chi connectivity index (χ2n) is 15.2. The highest BCUT2D eigenvalue weighted by molar-refractivity contribution is 7.80. The highest BCUT2D eigenvalue weighted by Crippen LogP contribution is 2.32. The minimum Gasteiger partial charge on any atom is -0.457 e. The first-order valence-corrected chi connectivity index (χ1v) is 18.5. The van der Waals surface area contributed by atoms with Crippen LogP contribution in [0, 0.1) is 29.1 Å². The van der Waals surface area contributed by atoms with E-state index in [0.29, 0.717) is 29.4 Å². The van der Waals surface area contributed by atoms with Gasteiger partial charge in [0.15, 0.2) is 23.3 Å². The van der Waals surface area contributed by atoms with Crippen LogP contribution >= 0.6 is 24.2 Å². The van der Waals surface area contributed by atoms with Gasteiger partial charge in [-0.25, -0.2) is 26.7 Å². The zero-order valence-electron chi connectivity index (χ0n) is 33.0. The summed E-state index contributed by atoms with van der Waals surface area (Å²) in [6, 6.07) is 30.9. The van der Waals surface area contributed by atoms with Crippen LogP contribution in [0.4, 0.5) is 27.6 Å². The molecule has 5 rings (SSSR count). The van der Waals surface area contributed by atoms with Crippen molar-refractivity contribution in [3.05, 3.63) is 165 Å². The van der Waals surface area contributed by atoms with Crippen molar-refractivity contribution >= 4 is 41.8 Å². The van der Waals surface area contributed by atoms with Gasteiger partial charge in [-0.15, -0.1) is 12.6 Å². The zero-order chi connectivity index (χ0) is 41.4. The van der Waals surface area contributed by atoms with Gasteiger partial charge in [0, 0.05) is 17.3 Å². The highest BCUT2D eigenvalue weighted by Gasteiger charge is 2.25. The molecule has 312 valence electrons. The van der Waals surface area contributed by atoms with Crippen molar-refractivity contribution in [1.82, 2.24) is 5.32 Å². The van der Waals surface area contributed by atoms with Crippen molar-refractivity contribution in [3.63, 3.8) is 0 Å². The lowest BCUT2D eigenvalue weighted by atomic mass is 9.79. The second-order valence-corrected chi connectivity index (χ2v) is 16.0. The SMILES string of the molecule is CC(C)(C)c1cc(CN(C(=O)CNCc2ccc(Cl)cc2)c2ccc(C(=O)OCc3ccccc3)cc2)cc(C(C)(C)C)c1.Fc1c(F)c(F)c(S)c(F)c1F.O.O. The topological polar surface area (TPSA) is 122 Å². The number of rotatable bonds is 10. The van der Waals surface area contributed by atoms with E-state index in [-0.39, 0.29) is 40.8 Å². The molecule has 0 heterocycles. The molecular formula is C44H48ClF5N2O5S. The predicted octanol–water partition coefficient (Wildman–Crippen LogP) is 9.64. The van der Waals surface area contributed by atoms with E-state index in [2.05, 4.69) is 77.7 Å². The molecule has 0 spiro atoms. The van der Waals surface area contributed by atoms with Crippen LogP contribution < -0.4 is 10.2 Å². The van der Waals surface area contributed by atoms with Crippen molar-refractivity contribution in [2.45, 2.75) is 77.0 Å². The number of amides is 1. The predicted molar refractivity (Wildman–Crippen MR) is 221 cm³/mol. The molecule has 0 bridgehead atoms. The van der Waals surface area contributed by atoms with Crippen molar-refractivity contribution in [1.29, 1.82) is 0 Å². The number of hydrogen-bond donors (Lipinski definition) is 2. The lowest BCUT2D eigenvalue weighted by Gasteiger charge is -2.28. The van der Waals surface area contributed by atoms with Gasteiger partial charge in [0.05, 0.1) is 23.5 Å². The van der Waals surface area contributed by atoms with E-state index in [4.69, 9.17) is 16.3 Å². The fourth-order valence-electron chi connectivity index (χ4n) is 5.34. The molecule has 0 saturated carbocycles. The number of thiol groups is 1. The molecule has 0 aliphatic heterocycles. The number of esters is 1. The maximum Gasteiger partial charge on any atom is 0.338 e. The largest absolute Gasteiger partial charge is 0.457 e. The first kappa shape index (κ1) is 49.4.